The van der Waals surface area contributed by atoms with Crippen molar-refractivity contribution in [2.75, 3.05) is 13.1 Å². The highest BCUT2D eigenvalue weighted by Crippen LogP contribution is 2.22. The number of carbonyl (C=O) groups is 11. The molecule has 2 aliphatic rings. The van der Waals surface area contributed by atoms with E-state index in [0.29, 0.717) is 31.1 Å². The van der Waals surface area contributed by atoms with Crippen LogP contribution in [0.3, 0.4) is 0 Å². The minimum absolute atomic E-state index is 0.0508. The lowest BCUT2D eigenvalue weighted by atomic mass is 10.00. The molecular formula is C50H79N11O13. The van der Waals surface area contributed by atoms with Gasteiger partial charge in [0.1, 0.15) is 60.4 Å². The number of likely N-dealkylation sites (tertiary alicyclic amines) is 2. The molecule has 3 rings (SSSR count). The topological polar surface area (TPSA) is 371 Å². The van der Waals surface area contributed by atoms with E-state index in [-0.39, 0.29) is 56.9 Å². The molecule has 412 valence electrons. The second-order valence-corrected chi connectivity index (χ2v) is 20.5. The van der Waals surface area contributed by atoms with Crippen LogP contribution in [-0.2, 0) is 59.2 Å². The van der Waals surface area contributed by atoms with Crippen molar-refractivity contribution < 1.29 is 63.0 Å². The van der Waals surface area contributed by atoms with E-state index < -0.39 is 137 Å². The third-order valence-corrected chi connectivity index (χ3v) is 13.0. The Morgan fingerprint density at radius 1 is 0.635 bits per heavy atom. The van der Waals surface area contributed by atoms with E-state index in [0.717, 1.165) is 0 Å². The zero-order valence-corrected chi connectivity index (χ0v) is 44.0. The summed E-state index contributed by atoms with van der Waals surface area (Å²) in [5.41, 5.74) is 12.2. The summed E-state index contributed by atoms with van der Waals surface area (Å²) in [7, 11) is 0. The average molecular weight is 1040 g/mol. The van der Waals surface area contributed by atoms with Crippen molar-refractivity contribution in [3.63, 3.8) is 0 Å². The molecule has 2 heterocycles. The number of phenols is 1. The zero-order valence-electron chi connectivity index (χ0n) is 44.0. The number of aliphatic hydroxyl groups excluding tert-OH is 1. The molecule has 24 heteroatoms. The Morgan fingerprint density at radius 3 is 1.54 bits per heavy atom. The molecule has 24 nitrogen and oxygen atoms in total. The molecule has 0 unspecified atom stereocenters. The fraction of sp³-hybridized carbons (Fsp3) is 0.660. The second-order valence-electron chi connectivity index (χ2n) is 20.5. The molecule has 0 radical (unpaired) electrons. The summed E-state index contributed by atoms with van der Waals surface area (Å²) in [4.78, 5) is 148. The van der Waals surface area contributed by atoms with Gasteiger partial charge < -0.3 is 73.5 Å². The molecule has 1 aromatic rings. The van der Waals surface area contributed by atoms with Crippen molar-refractivity contribution in [1.29, 1.82) is 0 Å². The maximum atomic E-state index is 13.9. The Labute approximate surface area is 432 Å². The molecule has 2 aliphatic heterocycles. The number of carbonyl (C=O) groups excluding carboxylic acids is 11. The summed E-state index contributed by atoms with van der Waals surface area (Å²) < 4.78 is 0. The number of rotatable bonds is 27. The van der Waals surface area contributed by atoms with E-state index >= 15 is 0 Å². The number of aliphatic hydroxyl groups is 1. The minimum atomic E-state index is -1.61. The van der Waals surface area contributed by atoms with E-state index in [9.17, 15) is 63.0 Å². The number of nitrogens with two attached hydrogens (primary N) is 2. The zero-order chi connectivity index (χ0) is 55.7. The number of nitrogens with one attached hydrogen (secondary N) is 7. The molecule has 0 aromatic heterocycles. The Balaban J connectivity index is 1.65. The molecule has 1 aromatic carbocycles. The number of phenolic OH excluding ortho intramolecular Hbond substituents is 1. The Kier molecular flexibility index (Phi) is 23.9. The predicted octanol–water partition coefficient (Wildman–Crippen LogP) is -2.12. The number of primary amides is 1. The van der Waals surface area contributed by atoms with E-state index in [1.807, 2.05) is 13.8 Å². The van der Waals surface area contributed by atoms with E-state index in [1.165, 1.54) is 42.7 Å². The molecule has 0 saturated carbocycles. The van der Waals surface area contributed by atoms with Gasteiger partial charge in [0.25, 0.3) is 0 Å². The van der Waals surface area contributed by atoms with Crippen LogP contribution < -0.4 is 48.7 Å². The maximum Gasteiger partial charge on any atom is 0.245 e. The maximum absolute atomic E-state index is 13.9. The largest absolute Gasteiger partial charge is 0.508 e. The Morgan fingerprint density at radius 2 is 1.09 bits per heavy atom. The first-order chi connectivity index (χ1) is 34.7. The molecule has 74 heavy (non-hydrogen) atoms. The summed E-state index contributed by atoms with van der Waals surface area (Å²) >= 11 is 0. The van der Waals surface area contributed by atoms with E-state index in [4.69, 9.17) is 11.5 Å². The van der Waals surface area contributed by atoms with Gasteiger partial charge in [0.05, 0.1) is 18.2 Å². The Hall–Kier alpha value is -6.69. The molecule has 2 fully saturated rings. The molecule has 13 N–H and O–H groups in total. The predicted molar refractivity (Wildman–Crippen MR) is 269 cm³/mol. The van der Waals surface area contributed by atoms with Gasteiger partial charge in [-0.05, 0) is 101 Å². The van der Waals surface area contributed by atoms with Gasteiger partial charge in [-0.25, -0.2) is 0 Å². The van der Waals surface area contributed by atoms with Crippen LogP contribution in [0.2, 0.25) is 0 Å². The molecule has 0 spiro atoms. The van der Waals surface area contributed by atoms with Gasteiger partial charge in [0.15, 0.2) is 0 Å². The van der Waals surface area contributed by atoms with Gasteiger partial charge in [-0.2, -0.15) is 0 Å². The SMILES string of the molecule is CC(C)C[C@@H](C=O)NC(=O)[C@@H](NC(=O)[C@H](CCC(N)=O)NC(=O)[C@@H]1CCCN1C(=O)[C@H](C)NC(=O)[C@@H](NC(=O)[C@@H]1CCCN1C(=O)[C@H](C)NC(=O)[C@@H](NC(=O)[C@@H](N)Cc1ccc(O)cc1)C(C)C)[C@@H](C)O)C(C)C. The minimum Gasteiger partial charge on any atom is -0.508 e. The quantitative estimate of drug-likeness (QED) is 0.0420. The third-order valence-electron chi connectivity index (χ3n) is 13.0. The highest BCUT2D eigenvalue weighted by atomic mass is 16.3. The molecular weight excluding hydrogens is 963 g/mol. The van der Waals surface area contributed by atoms with Crippen LogP contribution in [0.4, 0.5) is 0 Å². The number of amides is 10. The fourth-order valence-corrected chi connectivity index (χ4v) is 8.80. The van der Waals surface area contributed by atoms with Crippen molar-refractivity contribution in [2.24, 2.45) is 29.2 Å². The van der Waals surface area contributed by atoms with Crippen LogP contribution in [0.5, 0.6) is 5.75 Å². The van der Waals surface area contributed by atoms with Crippen LogP contribution in [0.15, 0.2) is 24.3 Å². The average Bonchev–Trinajstić information content (AvgIpc) is 4.03. The van der Waals surface area contributed by atoms with Gasteiger partial charge in [0.2, 0.25) is 59.1 Å². The van der Waals surface area contributed by atoms with Crippen LogP contribution in [0.25, 0.3) is 0 Å². The molecule has 0 aliphatic carbocycles. The smallest absolute Gasteiger partial charge is 0.245 e. The van der Waals surface area contributed by atoms with Crippen molar-refractivity contribution >= 4 is 65.4 Å². The molecule has 0 bridgehead atoms. The molecule has 10 amide bonds. The summed E-state index contributed by atoms with van der Waals surface area (Å²) in [6, 6.07) is -5.55. The van der Waals surface area contributed by atoms with Crippen molar-refractivity contribution in [3.05, 3.63) is 29.8 Å². The van der Waals surface area contributed by atoms with Crippen LogP contribution in [-0.4, -0.2) is 165 Å². The van der Waals surface area contributed by atoms with E-state index in [2.05, 4.69) is 37.2 Å². The van der Waals surface area contributed by atoms with Crippen LogP contribution in [0.1, 0.15) is 113 Å². The molecule has 2 saturated heterocycles. The van der Waals surface area contributed by atoms with Crippen molar-refractivity contribution in [1.82, 2.24) is 47.0 Å². The highest BCUT2D eigenvalue weighted by Gasteiger charge is 2.42. The van der Waals surface area contributed by atoms with E-state index in [1.54, 1.807) is 39.8 Å². The monoisotopic (exact) mass is 1040 g/mol. The first-order valence-electron chi connectivity index (χ1n) is 25.4. The number of aromatic hydroxyl groups is 1. The van der Waals surface area contributed by atoms with Crippen molar-refractivity contribution in [2.45, 2.75) is 180 Å². The standard InChI is InChI=1S/C50H79N11O13/c1-25(2)22-32(24-62)55-47(71)40(27(5)6)58-43(67)35(18-19-38(52)65)56-44(68)36-12-10-20-60(36)50(74)29(8)54-48(72)41(30(9)63)59-45(69)37-13-11-21-61(37)49(73)28(7)53-46(70)39(26(3)4)57-42(66)34(51)23-31-14-16-33(64)17-15-31/h14-17,24-30,32,34-37,39-41,63-64H,10-13,18-23,51H2,1-9H3,(H2,52,65)(H,53,70)(H,54,72)(H,55,71)(H,56,68)(H,57,66)(H,58,67)(H,59,69)/t28-,29-,30+,32-,34-,35-,36-,37-,39-,40-,41-/m0/s1. The summed E-state index contributed by atoms with van der Waals surface area (Å²) in [6.45, 7) is 14.7. The Bertz CT molecular complexity index is 2170. The van der Waals surface area contributed by atoms with Gasteiger partial charge in [-0.15, -0.1) is 0 Å². The number of nitrogens with zero attached hydrogens (tertiary/aromatic N) is 2. The second kappa shape index (κ2) is 28.7. The summed E-state index contributed by atoms with van der Waals surface area (Å²) in [5.74, 6) is -8.03. The van der Waals surface area contributed by atoms with Gasteiger partial charge in [-0.1, -0.05) is 53.7 Å². The lowest BCUT2D eigenvalue weighted by Crippen LogP contribution is -2.61. The number of hydrogen-bond donors (Lipinski definition) is 11. The van der Waals surface area contributed by atoms with Gasteiger partial charge >= 0.3 is 0 Å². The lowest BCUT2D eigenvalue weighted by molar-refractivity contribution is -0.144. The van der Waals surface area contributed by atoms with Gasteiger partial charge in [-0.3, -0.25) is 47.9 Å². The van der Waals surface area contributed by atoms with Crippen LogP contribution in [0, 0.1) is 17.8 Å². The first kappa shape index (κ1) is 61.6. The third kappa shape index (κ3) is 18.1. The summed E-state index contributed by atoms with van der Waals surface area (Å²) in [6.07, 6.45) is 0.156. The number of hydrogen-bond acceptors (Lipinski definition) is 14. The first-order valence-corrected chi connectivity index (χ1v) is 25.4. The van der Waals surface area contributed by atoms with Crippen LogP contribution >= 0.6 is 0 Å². The summed E-state index contributed by atoms with van der Waals surface area (Å²) in [5, 5.41) is 38.4. The number of benzene rings is 1. The highest BCUT2D eigenvalue weighted by molar-refractivity contribution is 5.99. The fourth-order valence-electron chi connectivity index (χ4n) is 8.80. The normalized spacial score (nSPS) is 19.2. The van der Waals surface area contributed by atoms with Crippen molar-refractivity contribution in [3.8, 4) is 5.75 Å². The number of aldehydes is 1. The molecule has 11 atom stereocenters. The van der Waals surface area contributed by atoms with Gasteiger partial charge in [0, 0.05) is 19.5 Å². The lowest BCUT2D eigenvalue weighted by Gasteiger charge is -2.31.